The summed E-state index contributed by atoms with van der Waals surface area (Å²) in [5, 5.41) is 7.90. The maximum absolute atomic E-state index is 13.4. The summed E-state index contributed by atoms with van der Waals surface area (Å²) in [5.41, 5.74) is 8.01. The van der Waals surface area contributed by atoms with Gasteiger partial charge in [0.2, 0.25) is 0 Å². The standard InChI is InChI=1S/C23H25FN6O2/c24-16-3-1-15(2-4-16)14-30(23(25)32)18-5-6-20-19(13-18)21(27-26-20)22(31)29-12-11-28-9-7-17(29)8-10-28/h1-6,13,17H,7-12,14H2,(H2,25,32)(H,26,27). The first kappa shape index (κ1) is 20.4. The number of nitrogens with two attached hydrogens (primary N) is 1. The molecule has 4 heterocycles. The van der Waals surface area contributed by atoms with Crippen molar-refractivity contribution in [2.75, 3.05) is 31.1 Å². The Morgan fingerprint density at radius 2 is 1.84 bits per heavy atom. The molecule has 6 rings (SSSR count). The summed E-state index contributed by atoms with van der Waals surface area (Å²) < 4.78 is 13.2. The highest BCUT2D eigenvalue weighted by Gasteiger charge is 2.34. The number of halogens is 1. The summed E-state index contributed by atoms with van der Waals surface area (Å²) in [7, 11) is 0. The Kier molecular flexibility index (Phi) is 5.26. The number of fused-ring (bicyclic) bond motifs is 5. The predicted octanol–water partition coefficient (Wildman–Crippen LogP) is 2.71. The van der Waals surface area contributed by atoms with Crippen molar-refractivity contribution < 1.29 is 14.0 Å². The lowest BCUT2D eigenvalue weighted by Crippen LogP contribution is -2.41. The van der Waals surface area contributed by atoms with Gasteiger partial charge in [-0.1, -0.05) is 12.1 Å². The number of rotatable bonds is 4. The fourth-order valence-corrected chi connectivity index (χ4v) is 4.69. The van der Waals surface area contributed by atoms with Gasteiger partial charge in [0.05, 0.1) is 12.1 Å². The van der Waals surface area contributed by atoms with E-state index in [4.69, 9.17) is 5.73 Å². The second kappa shape index (κ2) is 8.23. The molecule has 166 valence electrons. The van der Waals surface area contributed by atoms with E-state index in [-0.39, 0.29) is 24.3 Å². The van der Waals surface area contributed by atoms with Crippen LogP contribution in [0.1, 0.15) is 28.9 Å². The first-order valence-corrected chi connectivity index (χ1v) is 10.8. The molecule has 0 spiro atoms. The van der Waals surface area contributed by atoms with E-state index in [2.05, 4.69) is 15.1 Å². The number of amides is 3. The normalized spacial score (nSPS) is 20.3. The van der Waals surface area contributed by atoms with Gasteiger partial charge in [-0.15, -0.1) is 0 Å². The molecule has 3 aromatic rings. The molecule has 0 radical (unpaired) electrons. The number of hydrogen-bond donors (Lipinski definition) is 2. The number of piperidine rings is 1. The Hall–Kier alpha value is -3.46. The molecule has 32 heavy (non-hydrogen) atoms. The minimum atomic E-state index is -0.636. The van der Waals surface area contributed by atoms with E-state index in [0.717, 1.165) is 38.0 Å². The maximum atomic E-state index is 13.4. The Bertz CT molecular complexity index is 1150. The molecular formula is C23H25FN6O2. The van der Waals surface area contributed by atoms with Gasteiger partial charge in [-0.25, -0.2) is 9.18 Å². The van der Waals surface area contributed by atoms with Crippen molar-refractivity contribution in [3.05, 3.63) is 59.5 Å². The summed E-state index contributed by atoms with van der Waals surface area (Å²) >= 11 is 0. The van der Waals surface area contributed by atoms with E-state index in [1.54, 1.807) is 30.3 Å². The van der Waals surface area contributed by atoms with Gasteiger partial charge in [0.1, 0.15) is 5.82 Å². The molecule has 3 amide bonds. The molecule has 3 aliphatic heterocycles. The summed E-state index contributed by atoms with van der Waals surface area (Å²) in [5.74, 6) is -0.437. The lowest BCUT2D eigenvalue weighted by molar-refractivity contribution is 0.0681. The van der Waals surface area contributed by atoms with Crippen molar-refractivity contribution >= 4 is 28.5 Å². The third kappa shape index (κ3) is 3.80. The van der Waals surface area contributed by atoms with Gasteiger partial charge >= 0.3 is 6.03 Å². The first-order chi connectivity index (χ1) is 15.5. The van der Waals surface area contributed by atoms with Crippen LogP contribution in [0.2, 0.25) is 0 Å². The zero-order valence-corrected chi connectivity index (χ0v) is 17.6. The minimum Gasteiger partial charge on any atom is -0.351 e. The van der Waals surface area contributed by atoms with Gasteiger partial charge in [0, 0.05) is 43.3 Å². The number of carbonyl (C=O) groups excluding carboxylic acids is 2. The van der Waals surface area contributed by atoms with Crippen molar-refractivity contribution in [1.82, 2.24) is 20.0 Å². The molecule has 3 N–H and O–H groups in total. The number of H-pyrrole nitrogens is 1. The SMILES string of the molecule is NC(=O)N(Cc1ccc(F)cc1)c1ccc2[nH]nc(C(=O)N3CCN4CCC3CC4)c2c1. The van der Waals surface area contributed by atoms with Crippen molar-refractivity contribution in [1.29, 1.82) is 0 Å². The van der Waals surface area contributed by atoms with Gasteiger partial charge in [-0.05, 0) is 48.7 Å². The molecule has 8 nitrogen and oxygen atoms in total. The number of nitrogens with one attached hydrogen (secondary N) is 1. The Balaban J connectivity index is 1.46. The second-order valence-electron chi connectivity index (χ2n) is 8.42. The van der Waals surface area contributed by atoms with Crippen LogP contribution in [0.3, 0.4) is 0 Å². The lowest BCUT2D eigenvalue weighted by Gasteiger charge is -2.31. The highest BCUT2D eigenvalue weighted by Crippen LogP contribution is 2.28. The van der Waals surface area contributed by atoms with Gasteiger partial charge in [0.15, 0.2) is 5.69 Å². The predicted molar refractivity (Wildman–Crippen MR) is 119 cm³/mol. The van der Waals surface area contributed by atoms with Crippen LogP contribution in [-0.4, -0.2) is 64.2 Å². The van der Waals surface area contributed by atoms with Crippen LogP contribution in [0.15, 0.2) is 42.5 Å². The van der Waals surface area contributed by atoms with Crippen molar-refractivity contribution in [2.24, 2.45) is 5.73 Å². The molecule has 3 fully saturated rings. The lowest BCUT2D eigenvalue weighted by atomic mass is 10.0. The second-order valence-corrected chi connectivity index (χ2v) is 8.42. The first-order valence-electron chi connectivity index (χ1n) is 10.8. The molecule has 0 unspecified atom stereocenters. The number of benzene rings is 2. The number of urea groups is 1. The summed E-state index contributed by atoms with van der Waals surface area (Å²) in [6.07, 6.45) is 1.96. The fourth-order valence-electron chi connectivity index (χ4n) is 4.69. The van der Waals surface area contributed by atoms with Gasteiger partial charge in [0.25, 0.3) is 5.91 Å². The molecule has 0 atom stereocenters. The molecule has 0 saturated carbocycles. The number of primary amides is 1. The molecule has 1 aromatic heterocycles. The van der Waals surface area contributed by atoms with Crippen LogP contribution in [0.4, 0.5) is 14.9 Å². The minimum absolute atomic E-state index is 0.0914. The highest BCUT2D eigenvalue weighted by atomic mass is 19.1. The molecule has 2 aromatic carbocycles. The van der Waals surface area contributed by atoms with Crippen LogP contribution in [0, 0.1) is 5.82 Å². The average molecular weight is 436 g/mol. The number of nitrogens with zero attached hydrogens (tertiary/aromatic N) is 4. The van der Waals surface area contributed by atoms with E-state index in [0.29, 0.717) is 28.8 Å². The summed E-state index contributed by atoms with van der Waals surface area (Å²) in [6.45, 7) is 3.80. The zero-order valence-electron chi connectivity index (χ0n) is 17.6. The van der Waals surface area contributed by atoms with Crippen LogP contribution >= 0.6 is 0 Å². The van der Waals surface area contributed by atoms with Crippen LogP contribution < -0.4 is 10.6 Å². The number of anilines is 1. The third-order valence-electron chi connectivity index (χ3n) is 6.50. The Morgan fingerprint density at radius 1 is 1.09 bits per heavy atom. The highest BCUT2D eigenvalue weighted by molar-refractivity contribution is 6.06. The molecular weight excluding hydrogens is 411 g/mol. The van der Waals surface area contributed by atoms with Crippen LogP contribution in [-0.2, 0) is 6.54 Å². The Labute approximate surface area is 184 Å². The van der Waals surface area contributed by atoms with E-state index in [9.17, 15) is 14.0 Å². The molecule has 3 aliphatic rings. The average Bonchev–Trinajstić information content (AvgIpc) is 2.98. The third-order valence-corrected chi connectivity index (χ3v) is 6.50. The topological polar surface area (TPSA) is 98.6 Å². The molecule has 9 heteroatoms. The van der Waals surface area contributed by atoms with Crippen LogP contribution in [0.5, 0.6) is 0 Å². The quantitative estimate of drug-likeness (QED) is 0.657. The number of aromatic nitrogens is 2. The van der Waals surface area contributed by atoms with Crippen molar-refractivity contribution in [2.45, 2.75) is 25.4 Å². The van der Waals surface area contributed by atoms with Crippen molar-refractivity contribution in [3.63, 3.8) is 0 Å². The van der Waals surface area contributed by atoms with Gasteiger partial charge in [-0.3, -0.25) is 14.8 Å². The molecule has 3 saturated heterocycles. The van der Waals surface area contributed by atoms with E-state index >= 15 is 0 Å². The maximum Gasteiger partial charge on any atom is 0.319 e. The molecule has 2 bridgehead atoms. The van der Waals surface area contributed by atoms with E-state index < -0.39 is 6.03 Å². The van der Waals surface area contributed by atoms with Crippen molar-refractivity contribution in [3.8, 4) is 0 Å². The Morgan fingerprint density at radius 3 is 2.56 bits per heavy atom. The largest absolute Gasteiger partial charge is 0.351 e. The van der Waals surface area contributed by atoms with Crippen LogP contribution in [0.25, 0.3) is 10.9 Å². The monoisotopic (exact) mass is 436 g/mol. The van der Waals surface area contributed by atoms with Gasteiger partial charge < -0.3 is 15.5 Å². The number of hydrogen-bond acceptors (Lipinski definition) is 4. The van der Waals surface area contributed by atoms with E-state index in [1.165, 1.54) is 17.0 Å². The number of carbonyl (C=O) groups is 2. The summed E-state index contributed by atoms with van der Waals surface area (Å²) in [6, 6.07) is 10.8. The van der Waals surface area contributed by atoms with Gasteiger partial charge in [-0.2, -0.15) is 5.10 Å². The molecule has 0 aliphatic carbocycles. The smallest absolute Gasteiger partial charge is 0.319 e. The van der Waals surface area contributed by atoms with E-state index in [1.807, 2.05) is 4.90 Å². The summed E-state index contributed by atoms with van der Waals surface area (Å²) in [4.78, 5) is 31.4. The fraction of sp³-hybridized carbons (Fsp3) is 0.348. The number of aromatic amines is 1. The zero-order chi connectivity index (χ0) is 22.2.